The van der Waals surface area contributed by atoms with Crippen LogP contribution in [0.15, 0.2) is 24.3 Å². The van der Waals surface area contributed by atoms with Gasteiger partial charge in [-0.2, -0.15) is 18.4 Å². The number of aliphatic carboxylic acids is 1. The van der Waals surface area contributed by atoms with Crippen LogP contribution in [-0.2, 0) is 24.3 Å². The molecule has 0 spiro atoms. The van der Waals surface area contributed by atoms with E-state index in [2.05, 4.69) is 28.3 Å². The highest BCUT2D eigenvalue weighted by atomic mass is 19.4. The maximum absolute atomic E-state index is 10.6. The first-order chi connectivity index (χ1) is 14.5. The smallest absolute Gasteiger partial charge is 0.475 e. The number of rotatable bonds is 4. The fraction of sp³-hybridized carbons (Fsp3) is 0.400. The van der Waals surface area contributed by atoms with Gasteiger partial charge in [0, 0.05) is 39.3 Å². The number of carboxylic acids is 1. The van der Waals surface area contributed by atoms with Crippen molar-refractivity contribution >= 4 is 17.6 Å². The highest BCUT2D eigenvalue weighted by molar-refractivity contribution is 5.73. The van der Waals surface area contributed by atoms with Crippen LogP contribution >= 0.6 is 0 Å². The average molecular weight is 436 g/mol. The molecule has 2 N–H and O–H groups in total. The van der Waals surface area contributed by atoms with Gasteiger partial charge in [0.15, 0.2) is 0 Å². The van der Waals surface area contributed by atoms with E-state index in [4.69, 9.17) is 14.9 Å². The molecule has 8 nitrogen and oxygen atoms in total. The zero-order chi connectivity index (χ0) is 23.2. The number of pyridine rings is 2. The number of hydrogen-bond acceptors (Lipinski definition) is 7. The third-order valence-electron chi connectivity index (χ3n) is 4.41. The Balaban J connectivity index is 0.000000423. The summed E-state index contributed by atoms with van der Waals surface area (Å²) in [4.78, 5) is 22.4. The van der Waals surface area contributed by atoms with Gasteiger partial charge in [0.1, 0.15) is 17.7 Å². The van der Waals surface area contributed by atoms with Crippen LogP contribution in [0.1, 0.15) is 22.5 Å². The molecular weight excluding hydrogens is 413 g/mol. The Morgan fingerprint density at radius 1 is 1.35 bits per heavy atom. The van der Waals surface area contributed by atoms with E-state index in [0.717, 1.165) is 42.3 Å². The van der Waals surface area contributed by atoms with Crippen molar-refractivity contribution in [1.29, 1.82) is 5.26 Å². The molecule has 2 aromatic heterocycles. The molecule has 11 heteroatoms. The Hall–Kier alpha value is -3.39. The lowest BCUT2D eigenvalue weighted by Crippen LogP contribution is -2.27. The summed E-state index contributed by atoms with van der Waals surface area (Å²) in [5.41, 5.74) is 3.75. The molecule has 0 unspecified atom stereocenters. The summed E-state index contributed by atoms with van der Waals surface area (Å²) in [5, 5.41) is 19.8. The van der Waals surface area contributed by atoms with E-state index in [-0.39, 0.29) is 0 Å². The van der Waals surface area contributed by atoms with Crippen LogP contribution in [-0.4, -0.2) is 59.8 Å². The molecule has 31 heavy (non-hydrogen) atoms. The van der Waals surface area contributed by atoms with Gasteiger partial charge >= 0.3 is 12.1 Å². The SMILES string of the molecule is CN1CCc2nc(NCc3cccc(N(C)C)n3)c(C#N)cc2C1.O=C(O)C(F)(F)F. The topological polar surface area (TPSA) is 105 Å². The Morgan fingerprint density at radius 2 is 2.03 bits per heavy atom. The second-order valence-electron chi connectivity index (χ2n) is 7.13. The molecular formula is C20H23F3N6O2. The first-order valence-corrected chi connectivity index (χ1v) is 9.30. The summed E-state index contributed by atoms with van der Waals surface area (Å²) >= 11 is 0. The van der Waals surface area contributed by atoms with Crippen molar-refractivity contribution in [3.63, 3.8) is 0 Å². The average Bonchev–Trinajstić information content (AvgIpc) is 2.71. The lowest BCUT2D eigenvalue weighted by Gasteiger charge is -2.25. The number of nitriles is 1. The normalized spacial score (nSPS) is 13.3. The largest absolute Gasteiger partial charge is 0.490 e. The van der Waals surface area contributed by atoms with Gasteiger partial charge in [-0.05, 0) is 30.8 Å². The van der Waals surface area contributed by atoms with Crippen LogP contribution in [0.4, 0.5) is 24.8 Å². The minimum absolute atomic E-state index is 0.544. The van der Waals surface area contributed by atoms with Crippen LogP contribution in [0.5, 0.6) is 0 Å². The summed E-state index contributed by atoms with van der Waals surface area (Å²) in [6, 6.07) is 10.1. The first-order valence-electron chi connectivity index (χ1n) is 9.30. The van der Waals surface area contributed by atoms with Gasteiger partial charge in [-0.25, -0.2) is 14.8 Å². The molecule has 1 aliphatic heterocycles. The van der Waals surface area contributed by atoms with Gasteiger partial charge in [0.05, 0.1) is 17.8 Å². The van der Waals surface area contributed by atoms with Crippen molar-refractivity contribution in [3.8, 4) is 6.07 Å². The summed E-state index contributed by atoms with van der Waals surface area (Å²) in [5.74, 6) is -1.19. The van der Waals surface area contributed by atoms with Gasteiger partial charge in [-0.15, -0.1) is 0 Å². The van der Waals surface area contributed by atoms with Crippen molar-refractivity contribution < 1.29 is 23.1 Å². The fourth-order valence-corrected chi connectivity index (χ4v) is 2.82. The van der Waals surface area contributed by atoms with Gasteiger partial charge in [-0.3, -0.25) is 0 Å². The van der Waals surface area contributed by atoms with Crippen molar-refractivity contribution in [2.45, 2.75) is 25.7 Å². The number of anilines is 2. The number of nitrogens with one attached hydrogen (secondary N) is 1. The molecule has 166 valence electrons. The molecule has 1 aliphatic rings. The number of nitrogens with zero attached hydrogens (tertiary/aromatic N) is 5. The predicted molar refractivity (Wildman–Crippen MR) is 109 cm³/mol. The number of carboxylic acid groups (broad SMARTS) is 1. The molecule has 0 fully saturated rings. The molecule has 0 aromatic carbocycles. The summed E-state index contributed by atoms with van der Waals surface area (Å²) in [6.45, 7) is 2.39. The maximum atomic E-state index is 10.6. The van der Waals surface area contributed by atoms with Gasteiger partial charge < -0.3 is 20.2 Å². The molecule has 0 saturated carbocycles. The summed E-state index contributed by atoms with van der Waals surface area (Å²) in [7, 11) is 6.02. The zero-order valence-corrected chi connectivity index (χ0v) is 17.4. The van der Waals surface area contributed by atoms with Crippen molar-refractivity contribution in [3.05, 3.63) is 46.8 Å². The van der Waals surface area contributed by atoms with Crippen molar-refractivity contribution in [1.82, 2.24) is 14.9 Å². The Labute approximate surface area is 177 Å². The van der Waals surface area contributed by atoms with Crippen LogP contribution in [0.2, 0.25) is 0 Å². The van der Waals surface area contributed by atoms with Gasteiger partial charge in [0.25, 0.3) is 0 Å². The molecule has 0 radical (unpaired) electrons. The lowest BCUT2D eigenvalue weighted by molar-refractivity contribution is -0.192. The van der Waals surface area contributed by atoms with E-state index in [1.165, 1.54) is 0 Å². The van der Waals surface area contributed by atoms with Crippen molar-refractivity contribution in [2.75, 3.05) is 37.9 Å². The van der Waals surface area contributed by atoms with E-state index in [9.17, 15) is 18.4 Å². The number of fused-ring (bicyclic) bond motifs is 1. The van der Waals surface area contributed by atoms with E-state index < -0.39 is 12.1 Å². The number of carbonyl (C=O) groups is 1. The maximum Gasteiger partial charge on any atom is 0.490 e. The van der Waals surface area contributed by atoms with Crippen LogP contribution in [0.25, 0.3) is 0 Å². The monoisotopic (exact) mass is 436 g/mol. The van der Waals surface area contributed by atoms with E-state index >= 15 is 0 Å². The molecule has 3 rings (SSSR count). The van der Waals surface area contributed by atoms with E-state index in [1.54, 1.807) is 0 Å². The second kappa shape index (κ2) is 10.1. The first kappa shape index (κ1) is 23.9. The number of aromatic nitrogens is 2. The molecule has 3 heterocycles. The van der Waals surface area contributed by atoms with Crippen LogP contribution < -0.4 is 10.2 Å². The van der Waals surface area contributed by atoms with Gasteiger partial charge in [0.2, 0.25) is 0 Å². The number of alkyl halides is 3. The van der Waals surface area contributed by atoms with Crippen LogP contribution in [0.3, 0.4) is 0 Å². The van der Waals surface area contributed by atoms with Crippen LogP contribution in [0, 0.1) is 11.3 Å². The lowest BCUT2D eigenvalue weighted by atomic mass is 10.0. The molecule has 0 bridgehead atoms. The highest BCUT2D eigenvalue weighted by Crippen LogP contribution is 2.22. The van der Waals surface area contributed by atoms with Gasteiger partial charge in [-0.1, -0.05) is 6.07 Å². The predicted octanol–water partition coefficient (Wildman–Crippen LogP) is 2.65. The molecule has 0 atom stereocenters. The third-order valence-corrected chi connectivity index (χ3v) is 4.41. The zero-order valence-electron chi connectivity index (χ0n) is 17.4. The second-order valence-corrected chi connectivity index (χ2v) is 7.13. The minimum atomic E-state index is -5.08. The molecule has 0 aliphatic carbocycles. The molecule has 0 amide bonds. The standard InChI is InChI=1S/C18H22N6.C2HF3O2/c1-23(2)17-6-4-5-15(21-17)11-20-18-13(10-19)9-14-12-24(3)8-7-16(14)22-18;3-2(4,5)1(6)7/h4-6,9H,7-8,11-12H2,1-3H3,(H,20,22);(H,6,7). The van der Waals surface area contributed by atoms with E-state index in [0.29, 0.717) is 17.9 Å². The molecule has 2 aromatic rings. The molecule has 0 saturated heterocycles. The number of hydrogen-bond donors (Lipinski definition) is 2. The third kappa shape index (κ3) is 6.82. The summed E-state index contributed by atoms with van der Waals surface area (Å²) in [6.07, 6.45) is -4.17. The quantitative estimate of drug-likeness (QED) is 0.754. The van der Waals surface area contributed by atoms with E-state index in [1.807, 2.05) is 43.3 Å². The fourth-order valence-electron chi connectivity index (χ4n) is 2.82. The Bertz CT molecular complexity index is 972. The minimum Gasteiger partial charge on any atom is -0.475 e. The van der Waals surface area contributed by atoms with Crippen molar-refractivity contribution in [2.24, 2.45) is 0 Å². The summed E-state index contributed by atoms with van der Waals surface area (Å²) < 4.78 is 31.7. The number of halogens is 3. The Kier molecular flexibility index (Phi) is 7.77. The Morgan fingerprint density at radius 3 is 2.61 bits per heavy atom. The highest BCUT2D eigenvalue weighted by Gasteiger charge is 2.38. The number of likely N-dealkylation sites (N-methyl/N-ethyl adjacent to an activating group) is 1.